The van der Waals surface area contributed by atoms with Crippen LogP contribution in [0.15, 0.2) is 29.8 Å². The molecule has 3 rings (SSSR count). The third-order valence-corrected chi connectivity index (χ3v) is 3.78. The number of hydrogen-bond donors (Lipinski definition) is 1. The lowest BCUT2D eigenvalue weighted by Crippen LogP contribution is -2.08. The fraction of sp³-hybridized carbons (Fsp3) is 0.214. The van der Waals surface area contributed by atoms with Gasteiger partial charge in [-0.1, -0.05) is 6.07 Å². The average Bonchev–Trinajstić information content (AvgIpc) is 2.98. The number of aryl methyl sites for hydroxylation is 1. The maximum atomic E-state index is 13.3. The molecule has 0 bridgehead atoms. The molecule has 2 heterocycles. The first-order valence-corrected chi connectivity index (χ1v) is 7.10. The van der Waals surface area contributed by atoms with Crippen LogP contribution >= 0.6 is 11.3 Å². The summed E-state index contributed by atoms with van der Waals surface area (Å²) in [6.07, 6.45) is 1.95. The second-order valence-corrected chi connectivity index (χ2v) is 5.33. The van der Waals surface area contributed by atoms with E-state index in [1.807, 2.05) is 29.9 Å². The number of imidazole rings is 1. The van der Waals surface area contributed by atoms with Gasteiger partial charge in [0.05, 0.1) is 0 Å². The Morgan fingerprint density at radius 1 is 1.45 bits per heavy atom. The molecule has 0 unspecified atom stereocenters. The quantitative estimate of drug-likeness (QED) is 0.801. The van der Waals surface area contributed by atoms with Gasteiger partial charge in [-0.25, -0.2) is 4.39 Å². The fourth-order valence-corrected chi connectivity index (χ4v) is 2.74. The Morgan fingerprint density at radius 3 is 3.10 bits per heavy atom. The van der Waals surface area contributed by atoms with E-state index in [1.54, 1.807) is 6.07 Å². The van der Waals surface area contributed by atoms with E-state index in [9.17, 15) is 4.39 Å². The normalized spacial score (nSPS) is 11.2. The molecule has 0 aliphatic rings. The lowest BCUT2D eigenvalue weighted by atomic mass is 10.2. The number of rotatable bonds is 4. The SMILES string of the molecule is CNCc1c(Oc2cc(F)ccc2C)nc2sccn12. The highest BCUT2D eigenvalue weighted by atomic mass is 32.1. The van der Waals surface area contributed by atoms with Gasteiger partial charge in [0.25, 0.3) is 0 Å². The van der Waals surface area contributed by atoms with Crippen molar-refractivity contribution in [2.24, 2.45) is 0 Å². The van der Waals surface area contributed by atoms with Crippen LogP contribution in [-0.2, 0) is 6.54 Å². The first-order valence-electron chi connectivity index (χ1n) is 6.22. The molecule has 0 aliphatic heterocycles. The highest BCUT2D eigenvalue weighted by Crippen LogP contribution is 2.30. The molecule has 0 radical (unpaired) electrons. The summed E-state index contributed by atoms with van der Waals surface area (Å²) in [5, 5.41) is 5.06. The highest BCUT2D eigenvalue weighted by Gasteiger charge is 2.15. The number of ether oxygens (including phenoxy) is 1. The Kier molecular flexibility index (Phi) is 3.42. The second kappa shape index (κ2) is 5.22. The monoisotopic (exact) mass is 291 g/mol. The number of nitrogens with one attached hydrogen (secondary N) is 1. The minimum atomic E-state index is -0.318. The highest BCUT2D eigenvalue weighted by molar-refractivity contribution is 7.15. The van der Waals surface area contributed by atoms with Crippen molar-refractivity contribution in [2.75, 3.05) is 7.05 Å². The van der Waals surface area contributed by atoms with Crippen molar-refractivity contribution in [1.29, 1.82) is 0 Å². The van der Waals surface area contributed by atoms with Crippen LogP contribution in [0.4, 0.5) is 4.39 Å². The number of fused-ring (bicyclic) bond motifs is 1. The number of thiazole rings is 1. The smallest absolute Gasteiger partial charge is 0.243 e. The minimum absolute atomic E-state index is 0.318. The molecule has 0 fully saturated rings. The molecule has 4 nitrogen and oxygen atoms in total. The average molecular weight is 291 g/mol. The number of benzene rings is 1. The molecule has 3 aromatic rings. The van der Waals surface area contributed by atoms with Gasteiger partial charge >= 0.3 is 0 Å². The zero-order valence-electron chi connectivity index (χ0n) is 11.2. The summed E-state index contributed by atoms with van der Waals surface area (Å²) in [7, 11) is 1.86. The van der Waals surface area contributed by atoms with E-state index < -0.39 is 0 Å². The summed E-state index contributed by atoms with van der Waals surface area (Å²) in [5.74, 6) is 0.690. The van der Waals surface area contributed by atoms with Crippen LogP contribution in [0.3, 0.4) is 0 Å². The Balaban J connectivity index is 2.03. The van der Waals surface area contributed by atoms with Gasteiger partial charge < -0.3 is 10.1 Å². The fourth-order valence-electron chi connectivity index (χ4n) is 2.01. The predicted molar refractivity (Wildman–Crippen MR) is 77.0 cm³/mol. The molecule has 0 saturated carbocycles. The molecular weight excluding hydrogens is 277 g/mol. The van der Waals surface area contributed by atoms with Crippen molar-refractivity contribution < 1.29 is 9.13 Å². The summed E-state index contributed by atoms with van der Waals surface area (Å²) in [5.41, 5.74) is 1.80. The van der Waals surface area contributed by atoms with Gasteiger partial charge in [0, 0.05) is 24.2 Å². The molecule has 1 aromatic carbocycles. The second-order valence-electron chi connectivity index (χ2n) is 4.46. The Labute approximate surface area is 119 Å². The van der Waals surface area contributed by atoms with Gasteiger partial charge in [0.1, 0.15) is 17.3 Å². The van der Waals surface area contributed by atoms with Crippen molar-refractivity contribution in [3.63, 3.8) is 0 Å². The molecule has 0 saturated heterocycles. The van der Waals surface area contributed by atoms with E-state index in [0.29, 0.717) is 18.2 Å². The predicted octanol–water partition coefficient (Wildman–Crippen LogP) is 3.36. The maximum absolute atomic E-state index is 13.3. The van der Waals surface area contributed by atoms with Crippen molar-refractivity contribution in [3.05, 3.63) is 46.9 Å². The zero-order chi connectivity index (χ0) is 14.1. The summed E-state index contributed by atoms with van der Waals surface area (Å²) in [6, 6.07) is 4.50. The van der Waals surface area contributed by atoms with Gasteiger partial charge in [-0.15, -0.1) is 11.3 Å². The topological polar surface area (TPSA) is 38.6 Å². The number of aromatic nitrogens is 2. The van der Waals surface area contributed by atoms with Crippen LogP contribution in [0.5, 0.6) is 11.6 Å². The summed E-state index contributed by atoms with van der Waals surface area (Å²) in [6.45, 7) is 2.51. The molecule has 104 valence electrons. The van der Waals surface area contributed by atoms with Crippen LogP contribution in [-0.4, -0.2) is 16.4 Å². The Bertz CT molecular complexity index is 750. The van der Waals surface area contributed by atoms with E-state index in [0.717, 1.165) is 16.2 Å². The molecule has 0 aliphatic carbocycles. The molecule has 20 heavy (non-hydrogen) atoms. The number of halogens is 1. The summed E-state index contributed by atoms with van der Waals surface area (Å²) >= 11 is 1.54. The van der Waals surface area contributed by atoms with Gasteiger partial charge in [-0.2, -0.15) is 4.98 Å². The first kappa shape index (κ1) is 13.1. The van der Waals surface area contributed by atoms with Crippen LogP contribution in [0, 0.1) is 12.7 Å². The van der Waals surface area contributed by atoms with Crippen LogP contribution in [0.2, 0.25) is 0 Å². The van der Waals surface area contributed by atoms with E-state index in [1.165, 1.54) is 23.5 Å². The van der Waals surface area contributed by atoms with E-state index >= 15 is 0 Å². The standard InChI is InChI=1S/C14H14FN3OS/c1-9-3-4-10(15)7-12(9)19-13-11(8-16-2)18-5-6-20-14(18)17-13/h3-7,16H,8H2,1-2H3. The Hall–Kier alpha value is -1.92. The summed E-state index contributed by atoms with van der Waals surface area (Å²) < 4.78 is 21.1. The van der Waals surface area contributed by atoms with Gasteiger partial charge in [0.2, 0.25) is 5.88 Å². The molecular formula is C14H14FN3OS. The van der Waals surface area contributed by atoms with Crippen LogP contribution < -0.4 is 10.1 Å². The third kappa shape index (κ3) is 2.28. The van der Waals surface area contributed by atoms with Crippen molar-refractivity contribution in [2.45, 2.75) is 13.5 Å². The molecule has 1 N–H and O–H groups in total. The number of nitrogens with zero attached hydrogens (tertiary/aromatic N) is 2. The lowest BCUT2D eigenvalue weighted by molar-refractivity contribution is 0.449. The Morgan fingerprint density at radius 2 is 2.30 bits per heavy atom. The lowest BCUT2D eigenvalue weighted by Gasteiger charge is -2.08. The van der Waals surface area contributed by atoms with Crippen LogP contribution in [0.1, 0.15) is 11.3 Å². The van der Waals surface area contributed by atoms with E-state index in [4.69, 9.17) is 4.74 Å². The number of hydrogen-bond acceptors (Lipinski definition) is 4. The molecule has 2 aromatic heterocycles. The first-order chi connectivity index (χ1) is 9.69. The maximum Gasteiger partial charge on any atom is 0.243 e. The van der Waals surface area contributed by atoms with Gasteiger partial charge in [0.15, 0.2) is 4.96 Å². The van der Waals surface area contributed by atoms with Crippen LogP contribution in [0.25, 0.3) is 4.96 Å². The van der Waals surface area contributed by atoms with E-state index in [-0.39, 0.29) is 5.82 Å². The largest absolute Gasteiger partial charge is 0.437 e. The van der Waals surface area contributed by atoms with E-state index in [2.05, 4.69) is 10.3 Å². The molecule has 6 heteroatoms. The van der Waals surface area contributed by atoms with Crippen molar-refractivity contribution in [3.8, 4) is 11.6 Å². The van der Waals surface area contributed by atoms with Gasteiger partial charge in [-0.05, 0) is 25.6 Å². The molecule has 0 atom stereocenters. The molecule has 0 spiro atoms. The zero-order valence-corrected chi connectivity index (χ0v) is 12.0. The van der Waals surface area contributed by atoms with Gasteiger partial charge in [-0.3, -0.25) is 4.40 Å². The summed E-state index contributed by atoms with van der Waals surface area (Å²) in [4.78, 5) is 5.31. The third-order valence-electron chi connectivity index (χ3n) is 3.03. The van der Waals surface area contributed by atoms with Crippen molar-refractivity contribution in [1.82, 2.24) is 14.7 Å². The minimum Gasteiger partial charge on any atom is -0.437 e. The van der Waals surface area contributed by atoms with Crippen molar-refractivity contribution >= 4 is 16.3 Å². The molecule has 0 amide bonds.